The number of unbranched alkanes of at least 4 members (excludes halogenated alkanes) is 1. The second kappa shape index (κ2) is 8.70. The highest BCUT2D eigenvalue weighted by Crippen LogP contribution is 2.10. The maximum atomic E-state index is 10.5. The first kappa shape index (κ1) is 15.7. The van der Waals surface area contributed by atoms with Gasteiger partial charge >= 0.3 is 5.97 Å². The molecule has 0 amide bonds. The zero-order chi connectivity index (χ0) is 14.1. The Balaban J connectivity index is 2.48. The smallest absolute Gasteiger partial charge is 0.303 e. The normalized spacial score (nSPS) is 10.9. The Kier molecular flexibility index (Phi) is 7.19. The van der Waals surface area contributed by atoms with Crippen LogP contribution in [0.3, 0.4) is 0 Å². The van der Waals surface area contributed by atoms with Crippen molar-refractivity contribution in [1.82, 2.24) is 4.90 Å². The lowest BCUT2D eigenvalue weighted by molar-refractivity contribution is -0.136. The molecule has 0 aliphatic carbocycles. The van der Waals surface area contributed by atoms with Crippen molar-refractivity contribution in [3.63, 3.8) is 0 Å². The molecule has 19 heavy (non-hydrogen) atoms. The molecular weight excluding hydrogens is 238 g/mol. The lowest BCUT2D eigenvalue weighted by atomic mass is 10.1. The molecule has 3 heteroatoms. The fourth-order valence-electron chi connectivity index (χ4n) is 2.05. The second-order valence-electron chi connectivity index (χ2n) is 4.93. The topological polar surface area (TPSA) is 40.5 Å². The first-order valence-corrected chi connectivity index (χ1v) is 7.17. The Morgan fingerprint density at radius 1 is 1.16 bits per heavy atom. The zero-order valence-corrected chi connectivity index (χ0v) is 12.1. The average molecular weight is 263 g/mol. The highest BCUT2D eigenvalue weighted by molar-refractivity contribution is 5.67. The molecule has 0 atom stereocenters. The molecule has 1 aromatic rings. The summed E-state index contributed by atoms with van der Waals surface area (Å²) in [5.74, 6) is -0.735. The van der Waals surface area contributed by atoms with Gasteiger partial charge in [-0.25, -0.2) is 0 Å². The maximum absolute atomic E-state index is 10.5. The molecule has 0 saturated carbocycles. The molecule has 0 aliphatic heterocycles. The van der Waals surface area contributed by atoms with Gasteiger partial charge in [-0.1, -0.05) is 44.5 Å². The molecule has 1 rings (SSSR count). The predicted octanol–water partition coefficient (Wildman–Crippen LogP) is 3.33. The van der Waals surface area contributed by atoms with Crippen LogP contribution in [0.1, 0.15) is 44.2 Å². The van der Waals surface area contributed by atoms with Gasteiger partial charge in [-0.3, -0.25) is 9.69 Å². The number of aryl methyl sites for hydroxylation is 1. The molecule has 3 nitrogen and oxygen atoms in total. The average Bonchev–Trinajstić information content (AvgIpc) is 2.42. The van der Waals surface area contributed by atoms with Gasteiger partial charge in [0, 0.05) is 13.0 Å². The summed E-state index contributed by atoms with van der Waals surface area (Å²) in [6.07, 6.45) is 3.29. The summed E-state index contributed by atoms with van der Waals surface area (Å²) in [7, 11) is 0. The number of nitrogens with zero attached hydrogens (tertiary/aromatic N) is 1. The Morgan fingerprint density at radius 3 is 2.32 bits per heavy atom. The van der Waals surface area contributed by atoms with Gasteiger partial charge in [-0.05, 0) is 37.1 Å². The second-order valence-corrected chi connectivity index (χ2v) is 4.93. The van der Waals surface area contributed by atoms with E-state index in [0.717, 1.165) is 25.2 Å². The maximum Gasteiger partial charge on any atom is 0.303 e. The lowest BCUT2D eigenvalue weighted by Gasteiger charge is -2.20. The van der Waals surface area contributed by atoms with Crippen molar-refractivity contribution in [2.75, 3.05) is 13.1 Å². The standard InChI is InChI=1S/C16H25NO2/c1-3-5-12-17(4-2)13-15-8-6-14(7-9-15)10-11-16(18)19/h6-9H,3-5,10-13H2,1-2H3,(H,18,19). The fraction of sp³-hybridized carbons (Fsp3) is 0.562. The van der Waals surface area contributed by atoms with E-state index in [1.807, 2.05) is 12.1 Å². The van der Waals surface area contributed by atoms with Crippen LogP contribution in [0.4, 0.5) is 0 Å². The zero-order valence-electron chi connectivity index (χ0n) is 12.1. The molecule has 0 bridgehead atoms. The molecule has 0 heterocycles. The third-order valence-electron chi connectivity index (χ3n) is 3.33. The summed E-state index contributed by atoms with van der Waals surface area (Å²) in [6.45, 7) is 7.60. The van der Waals surface area contributed by atoms with Crippen molar-refractivity contribution >= 4 is 5.97 Å². The largest absolute Gasteiger partial charge is 0.481 e. The van der Waals surface area contributed by atoms with E-state index in [2.05, 4.69) is 30.9 Å². The first-order valence-electron chi connectivity index (χ1n) is 7.17. The van der Waals surface area contributed by atoms with Crippen molar-refractivity contribution in [2.45, 2.75) is 46.1 Å². The Hall–Kier alpha value is -1.35. The van der Waals surface area contributed by atoms with Crippen LogP contribution >= 0.6 is 0 Å². The van der Waals surface area contributed by atoms with E-state index < -0.39 is 5.97 Å². The molecule has 0 fully saturated rings. The minimum atomic E-state index is -0.735. The van der Waals surface area contributed by atoms with Gasteiger partial charge in [0.05, 0.1) is 0 Å². The molecule has 0 unspecified atom stereocenters. The van der Waals surface area contributed by atoms with Gasteiger partial charge in [-0.2, -0.15) is 0 Å². The predicted molar refractivity (Wildman–Crippen MR) is 78.3 cm³/mol. The number of carboxylic acids is 1. The lowest BCUT2D eigenvalue weighted by Crippen LogP contribution is -2.23. The number of benzene rings is 1. The van der Waals surface area contributed by atoms with E-state index in [-0.39, 0.29) is 6.42 Å². The van der Waals surface area contributed by atoms with E-state index in [0.29, 0.717) is 6.42 Å². The van der Waals surface area contributed by atoms with Gasteiger partial charge in [-0.15, -0.1) is 0 Å². The Morgan fingerprint density at radius 2 is 1.79 bits per heavy atom. The molecule has 1 aromatic carbocycles. The number of rotatable bonds is 9. The van der Waals surface area contributed by atoms with Gasteiger partial charge < -0.3 is 5.11 Å². The van der Waals surface area contributed by atoms with Crippen molar-refractivity contribution in [3.8, 4) is 0 Å². The minimum Gasteiger partial charge on any atom is -0.481 e. The fourth-order valence-corrected chi connectivity index (χ4v) is 2.05. The summed E-state index contributed by atoms with van der Waals surface area (Å²) in [5, 5.41) is 8.66. The number of hydrogen-bond acceptors (Lipinski definition) is 2. The highest BCUT2D eigenvalue weighted by Gasteiger charge is 2.04. The molecule has 0 radical (unpaired) electrons. The van der Waals surface area contributed by atoms with Crippen LogP contribution in [0.15, 0.2) is 24.3 Å². The number of carboxylic acid groups (broad SMARTS) is 1. The third kappa shape index (κ3) is 6.39. The van der Waals surface area contributed by atoms with Crippen molar-refractivity contribution in [2.24, 2.45) is 0 Å². The molecule has 0 aromatic heterocycles. The summed E-state index contributed by atoms with van der Waals surface area (Å²) >= 11 is 0. The van der Waals surface area contributed by atoms with Gasteiger partial charge in [0.2, 0.25) is 0 Å². The van der Waals surface area contributed by atoms with Crippen LogP contribution in [-0.4, -0.2) is 29.1 Å². The molecule has 106 valence electrons. The third-order valence-corrected chi connectivity index (χ3v) is 3.33. The Bertz CT molecular complexity index is 373. The molecular formula is C16H25NO2. The molecule has 0 spiro atoms. The summed E-state index contributed by atoms with van der Waals surface area (Å²) < 4.78 is 0. The van der Waals surface area contributed by atoms with Crippen molar-refractivity contribution < 1.29 is 9.90 Å². The van der Waals surface area contributed by atoms with Crippen LogP contribution in [0.2, 0.25) is 0 Å². The Labute approximate surface area is 116 Å². The number of hydrogen-bond donors (Lipinski definition) is 1. The van der Waals surface area contributed by atoms with E-state index >= 15 is 0 Å². The van der Waals surface area contributed by atoms with E-state index in [9.17, 15) is 4.79 Å². The van der Waals surface area contributed by atoms with Crippen LogP contribution in [0.25, 0.3) is 0 Å². The van der Waals surface area contributed by atoms with Gasteiger partial charge in [0.1, 0.15) is 0 Å². The number of aliphatic carboxylic acids is 1. The van der Waals surface area contributed by atoms with E-state index in [1.165, 1.54) is 18.4 Å². The van der Waals surface area contributed by atoms with Crippen LogP contribution in [0, 0.1) is 0 Å². The minimum absolute atomic E-state index is 0.205. The van der Waals surface area contributed by atoms with E-state index in [4.69, 9.17) is 5.11 Å². The van der Waals surface area contributed by atoms with Crippen LogP contribution < -0.4 is 0 Å². The van der Waals surface area contributed by atoms with E-state index in [1.54, 1.807) is 0 Å². The first-order chi connectivity index (χ1) is 9.15. The van der Waals surface area contributed by atoms with Crippen LogP contribution in [-0.2, 0) is 17.8 Å². The van der Waals surface area contributed by atoms with Crippen molar-refractivity contribution in [3.05, 3.63) is 35.4 Å². The monoisotopic (exact) mass is 263 g/mol. The van der Waals surface area contributed by atoms with Crippen molar-refractivity contribution in [1.29, 1.82) is 0 Å². The highest BCUT2D eigenvalue weighted by atomic mass is 16.4. The summed E-state index contributed by atoms with van der Waals surface area (Å²) in [5.41, 5.74) is 2.40. The SMILES string of the molecule is CCCCN(CC)Cc1ccc(CCC(=O)O)cc1. The molecule has 0 aliphatic rings. The van der Waals surface area contributed by atoms with Gasteiger partial charge in [0.25, 0.3) is 0 Å². The summed E-state index contributed by atoms with van der Waals surface area (Å²) in [6, 6.07) is 8.33. The molecule has 0 saturated heterocycles. The summed E-state index contributed by atoms with van der Waals surface area (Å²) in [4.78, 5) is 13.0. The van der Waals surface area contributed by atoms with Crippen LogP contribution in [0.5, 0.6) is 0 Å². The quantitative estimate of drug-likeness (QED) is 0.743. The molecule has 1 N–H and O–H groups in total. The van der Waals surface area contributed by atoms with Gasteiger partial charge in [0.15, 0.2) is 0 Å². The number of carbonyl (C=O) groups is 1.